The van der Waals surface area contributed by atoms with Crippen molar-refractivity contribution in [3.63, 3.8) is 0 Å². The van der Waals surface area contributed by atoms with Crippen molar-refractivity contribution in [2.45, 2.75) is 24.2 Å². The van der Waals surface area contributed by atoms with Gasteiger partial charge in [0, 0.05) is 0 Å². The molecule has 0 aliphatic carbocycles. The summed E-state index contributed by atoms with van der Waals surface area (Å²) >= 11 is 11.4. The maximum atomic E-state index is 5.77. The summed E-state index contributed by atoms with van der Waals surface area (Å²) in [6.45, 7) is 2.11. The van der Waals surface area contributed by atoms with Gasteiger partial charge >= 0.3 is 0 Å². The van der Waals surface area contributed by atoms with E-state index < -0.39 is 4.84 Å². The highest BCUT2D eigenvalue weighted by molar-refractivity contribution is 6.44. The molecule has 2 N–H and O–H groups in total. The minimum Gasteiger partial charge on any atom is -0.322 e. The van der Waals surface area contributed by atoms with Crippen molar-refractivity contribution in [2.24, 2.45) is 5.73 Å². The lowest BCUT2D eigenvalue weighted by Gasteiger charge is -2.12. The zero-order chi connectivity index (χ0) is 9.84. The maximum absolute atomic E-state index is 5.77. The van der Waals surface area contributed by atoms with E-state index >= 15 is 0 Å². The number of benzene rings is 1. The summed E-state index contributed by atoms with van der Waals surface area (Å²) in [5, 5.41) is 0. The first kappa shape index (κ1) is 10.8. The van der Waals surface area contributed by atoms with Gasteiger partial charge < -0.3 is 5.73 Å². The number of nitrogens with two attached hydrogens (primary N) is 1. The lowest BCUT2D eigenvalue weighted by atomic mass is 10.1. The number of hydrogen-bond acceptors (Lipinski definition) is 1. The second-order valence-electron chi connectivity index (χ2n) is 2.96. The quantitative estimate of drug-likeness (QED) is 0.775. The van der Waals surface area contributed by atoms with Crippen LogP contribution in [0.1, 0.15) is 24.1 Å². The molecule has 0 radical (unpaired) electrons. The van der Waals surface area contributed by atoms with Crippen LogP contribution in [0, 0.1) is 0 Å². The Morgan fingerprint density at radius 3 is 2.15 bits per heavy atom. The Kier molecular flexibility index (Phi) is 4.04. The van der Waals surface area contributed by atoms with Gasteiger partial charge in [-0.15, -0.1) is 23.2 Å². The standard InChI is InChI=1S/C10H13Cl2N/c1-2-7-3-5-8(6-4-7)9(13)10(11)12/h3-6,9-10H,2,13H2,1H3/t9-/m1/s1. The summed E-state index contributed by atoms with van der Waals surface area (Å²) in [4.78, 5) is -0.549. The molecular weight excluding hydrogens is 205 g/mol. The van der Waals surface area contributed by atoms with E-state index in [4.69, 9.17) is 28.9 Å². The molecule has 0 spiro atoms. The molecule has 13 heavy (non-hydrogen) atoms. The number of alkyl halides is 2. The molecule has 0 saturated heterocycles. The van der Waals surface area contributed by atoms with Crippen LogP contribution in [0.5, 0.6) is 0 Å². The van der Waals surface area contributed by atoms with Crippen LogP contribution in [0.4, 0.5) is 0 Å². The lowest BCUT2D eigenvalue weighted by molar-refractivity contribution is 0.788. The molecule has 0 aliphatic heterocycles. The summed E-state index contributed by atoms with van der Waals surface area (Å²) in [6.07, 6.45) is 1.03. The average molecular weight is 218 g/mol. The van der Waals surface area contributed by atoms with Crippen LogP contribution in [0.15, 0.2) is 24.3 Å². The second-order valence-corrected chi connectivity index (χ2v) is 4.12. The van der Waals surface area contributed by atoms with Gasteiger partial charge in [0.25, 0.3) is 0 Å². The van der Waals surface area contributed by atoms with Crippen molar-refractivity contribution in [1.82, 2.24) is 0 Å². The third-order valence-electron chi connectivity index (χ3n) is 2.04. The Hall–Kier alpha value is -0.240. The smallest absolute Gasteiger partial charge is 0.127 e. The second kappa shape index (κ2) is 4.85. The maximum Gasteiger partial charge on any atom is 0.127 e. The Balaban J connectivity index is 2.79. The van der Waals surface area contributed by atoms with Gasteiger partial charge in [-0.1, -0.05) is 31.2 Å². The lowest BCUT2D eigenvalue weighted by Crippen LogP contribution is -2.17. The van der Waals surface area contributed by atoms with E-state index in [0.29, 0.717) is 0 Å². The molecule has 3 heteroatoms. The molecule has 0 aromatic heterocycles. The molecule has 0 saturated carbocycles. The number of halogens is 2. The van der Waals surface area contributed by atoms with Gasteiger partial charge in [0.05, 0.1) is 6.04 Å². The molecule has 0 bridgehead atoms. The zero-order valence-corrected chi connectivity index (χ0v) is 9.02. The summed E-state index contributed by atoms with van der Waals surface area (Å²) in [5.41, 5.74) is 8.03. The van der Waals surface area contributed by atoms with Crippen LogP contribution in [0.25, 0.3) is 0 Å². The van der Waals surface area contributed by atoms with Gasteiger partial charge in [-0.3, -0.25) is 0 Å². The topological polar surface area (TPSA) is 26.0 Å². The Bertz CT molecular complexity index is 256. The third-order valence-corrected chi connectivity index (χ3v) is 2.59. The summed E-state index contributed by atoms with van der Waals surface area (Å²) < 4.78 is 0. The van der Waals surface area contributed by atoms with Crippen molar-refractivity contribution >= 4 is 23.2 Å². The number of aryl methyl sites for hydroxylation is 1. The Morgan fingerprint density at radius 2 is 1.77 bits per heavy atom. The van der Waals surface area contributed by atoms with Gasteiger partial charge in [0.1, 0.15) is 4.84 Å². The van der Waals surface area contributed by atoms with Crippen molar-refractivity contribution in [1.29, 1.82) is 0 Å². The molecule has 1 rings (SSSR count). The fourth-order valence-electron chi connectivity index (χ4n) is 1.12. The van der Waals surface area contributed by atoms with E-state index in [9.17, 15) is 0 Å². The Morgan fingerprint density at radius 1 is 1.23 bits per heavy atom. The SMILES string of the molecule is CCc1ccc([C@@H](N)C(Cl)Cl)cc1. The van der Waals surface area contributed by atoms with Gasteiger partial charge in [-0.2, -0.15) is 0 Å². The van der Waals surface area contributed by atoms with Crippen molar-refractivity contribution in [2.75, 3.05) is 0 Å². The summed E-state index contributed by atoms with van der Waals surface area (Å²) in [6, 6.07) is 7.74. The molecule has 1 aromatic carbocycles. The first-order valence-corrected chi connectivity index (χ1v) is 5.15. The molecule has 0 amide bonds. The van der Waals surface area contributed by atoms with E-state index in [2.05, 4.69) is 6.92 Å². The molecule has 0 fully saturated rings. The predicted octanol–water partition coefficient (Wildman–Crippen LogP) is 3.05. The van der Waals surface area contributed by atoms with E-state index in [0.717, 1.165) is 12.0 Å². The molecule has 0 aliphatic rings. The zero-order valence-electron chi connectivity index (χ0n) is 7.50. The van der Waals surface area contributed by atoms with Crippen LogP contribution in [0.3, 0.4) is 0 Å². The van der Waals surface area contributed by atoms with Gasteiger partial charge in [-0.05, 0) is 17.5 Å². The summed E-state index contributed by atoms with van der Waals surface area (Å²) in [5.74, 6) is 0. The van der Waals surface area contributed by atoms with E-state index in [1.807, 2.05) is 24.3 Å². The van der Waals surface area contributed by atoms with Gasteiger partial charge in [0.2, 0.25) is 0 Å². The first-order chi connectivity index (χ1) is 6.15. The molecule has 72 valence electrons. The largest absolute Gasteiger partial charge is 0.322 e. The van der Waals surface area contributed by atoms with E-state index in [1.54, 1.807) is 0 Å². The van der Waals surface area contributed by atoms with Crippen molar-refractivity contribution < 1.29 is 0 Å². The highest BCUT2D eigenvalue weighted by Crippen LogP contribution is 2.21. The number of hydrogen-bond donors (Lipinski definition) is 1. The Labute approximate surface area is 88.8 Å². The molecule has 1 atom stereocenters. The number of rotatable bonds is 3. The predicted molar refractivity (Wildman–Crippen MR) is 58.2 cm³/mol. The van der Waals surface area contributed by atoms with Crippen LogP contribution >= 0.6 is 23.2 Å². The van der Waals surface area contributed by atoms with Crippen LogP contribution in [-0.2, 0) is 6.42 Å². The third kappa shape index (κ3) is 2.87. The molecule has 0 heterocycles. The average Bonchev–Trinajstić information content (AvgIpc) is 2.17. The normalized spacial score (nSPS) is 13.3. The van der Waals surface area contributed by atoms with E-state index in [-0.39, 0.29) is 6.04 Å². The van der Waals surface area contributed by atoms with Crippen LogP contribution < -0.4 is 5.73 Å². The van der Waals surface area contributed by atoms with E-state index in [1.165, 1.54) is 5.56 Å². The molecule has 1 nitrogen and oxygen atoms in total. The van der Waals surface area contributed by atoms with Crippen molar-refractivity contribution in [3.8, 4) is 0 Å². The highest BCUT2D eigenvalue weighted by Gasteiger charge is 2.13. The van der Waals surface area contributed by atoms with Crippen LogP contribution in [0.2, 0.25) is 0 Å². The minimum atomic E-state index is -0.549. The first-order valence-electron chi connectivity index (χ1n) is 4.27. The van der Waals surface area contributed by atoms with Crippen LogP contribution in [-0.4, -0.2) is 4.84 Å². The molecule has 0 unspecified atom stereocenters. The van der Waals surface area contributed by atoms with Gasteiger partial charge in [0.15, 0.2) is 0 Å². The fourth-order valence-corrected chi connectivity index (χ4v) is 1.41. The highest BCUT2D eigenvalue weighted by atomic mass is 35.5. The minimum absolute atomic E-state index is 0.297. The fraction of sp³-hybridized carbons (Fsp3) is 0.400. The summed E-state index contributed by atoms with van der Waals surface area (Å²) in [7, 11) is 0. The van der Waals surface area contributed by atoms with Gasteiger partial charge in [-0.25, -0.2) is 0 Å². The van der Waals surface area contributed by atoms with Crippen molar-refractivity contribution in [3.05, 3.63) is 35.4 Å². The monoisotopic (exact) mass is 217 g/mol. The molecular formula is C10H13Cl2N. The molecule has 1 aromatic rings.